The molecule has 0 aliphatic heterocycles. The fourth-order valence-corrected chi connectivity index (χ4v) is 0.556. The van der Waals surface area contributed by atoms with Crippen LogP contribution in [0.1, 0.15) is 13.8 Å². The highest BCUT2D eigenvalue weighted by atomic mass is 14.6. The molecule has 2 rings (SSSR count). The third kappa shape index (κ3) is 6.68. The lowest BCUT2D eigenvalue weighted by atomic mass is 10.7. The minimum atomic E-state index is 1.88. The van der Waals surface area contributed by atoms with Crippen molar-refractivity contribution in [1.29, 1.82) is 0 Å². The number of aromatic amines is 2. The van der Waals surface area contributed by atoms with E-state index >= 15 is 0 Å². The third-order valence-corrected chi connectivity index (χ3v) is 0.992. The Morgan fingerprint density at radius 1 is 0.583 bits per heavy atom. The number of rotatable bonds is 0. The highest BCUT2D eigenvalue weighted by Gasteiger charge is 1.56. The molecular weight excluding hydrogens is 148 g/mol. The summed E-state index contributed by atoms with van der Waals surface area (Å²) >= 11 is 0. The van der Waals surface area contributed by atoms with Crippen LogP contribution in [-0.4, -0.2) is 9.97 Å². The number of nitrogens with one attached hydrogen (secondary N) is 2. The van der Waals surface area contributed by atoms with E-state index in [4.69, 9.17) is 0 Å². The maximum atomic E-state index is 2.86. The Balaban J connectivity index is 0.000000168. The highest BCUT2D eigenvalue weighted by molar-refractivity contribution is 4.85. The monoisotopic (exact) mass is 164 g/mol. The topological polar surface area (TPSA) is 31.6 Å². The summed E-state index contributed by atoms with van der Waals surface area (Å²) in [5.74, 6) is 0. The fraction of sp³-hybridized carbons (Fsp3) is 0.200. The second kappa shape index (κ2) is 9.56. The zero-order valence-corrected chi connectivity index (χ0v) is 7.62. The molecular formula is C10H16N2. The summed E-state index contributed by atoms with van der Waals surface area (Å²) < 4.78 is 0. The Morgan fingerprint density at radius 2 is 0.833 bits per heavy atom. The van der Waals surface area contributed by atoms with Crippen molar-refractivity contribution < 1.29 is 0 Å². The molecule has 2 N–H and O–H groups in total. The molecule has 0 saturated carbocycles. The minimum Gasteiger partial charge on any atom is -0.368 e. The van der Waals surface area contributed by atoms with Crippen LogP contribution in [0.3, 0.4) is 0 Å². The van der Waals surface area contributed by atoms with E-state index < -0.39 is 0 Å². The number of hydrogen-bond donors (Lipinski definition) is 2. The zero-order valence-electron chi connectivity index (χ0n) is 7.62. The second-order valence-corrected chi connectivity index (χ2v) is 1.77. The summed E-state index contributed by atoms with van der Waals surface area (Å²) in [6, 6.07) is 7.78. The Hall–Kier alpha value is -1.44. The van der Waals surface area contributed by atoms with Gasteiger partial charge in [-0.3, -0.25) is 0 Å². The largest absolute Gasteiger partial charge is 0.368 e. The van der Waals surface area contributed by atoms with Gasteiger partial charge in [0.15, 0.2) is 0 Å². The van der Waals surface area contributed by atoms with Gasteiger partial charge in [0, 0.05) is 24.8 Å². The molecule has 0 amide bonds. The Labute approximate surface area is 73.6 Å². The quantitative estimate of drug-likeness (QED) is 0.599. The predicted molar refractivity (Wildman–Crippen MR) is 52.9 cm³/mol. The first kappa shape index (κ1) is 10.6. The molecule has 0 aromatic carbocycles. The van der Waals surface area contributed by atoms with Gasteiger partial charge < -0.3 is 9.97 Å². The lowest BCUT2D eigenvalue weighted by molar-refractivity contribution is 1.41. The van der Waals surface area contributed by atoms with E-state index in [0.29, 0.717) is 0 Å². The molecule has 2 heterocycles. The van der Waals surface area contributed by atoms with Crippen molar-refractivity contribution >= 4 is 0 Å². The molecule has 2 nitrogen and oxygen atoms in total. The van der Waals surface area contributed by atoms with Crippen LogP contribution < -0.4 is 0 Å². The van der Waals surface area contributed by atoms with Crippen molar-refractivity contribution in [3.8, 4) is 0 Å². The zero-order chi connectivity index (χ0) is 9.07. The first-order valence-corrected chi connectivity index (χ1v) is 4.15. The van der Waals surface area contributed by atoms with Crippen LogP contribution in [0.15, 0.2) is 49.1 Å². The van der Waals surface area contributed by atoms with Crippen LogP contribution in [0.25, 0.3) is 0 Å². The molecule has 0 bridgehead atoms. The molecule has 0 aliphatic rings. The fourth-order valence-electron chi connectivity index (χ4n) is 0.556. The van der Waals surface area contributed by atoms with Gasteiger partial charge in [-0.25, -0.2) is 0 Å². The van der Waals surface area contributed by atoms with Crippen LogP contribution in [0.2, 0.25) is 0 Å². The second-order valence-electron chi connectivity index (χ2n) is 1.77. The molecule has 12 heavy (non-hydrogen) atoms. The molecule has 0 unspecified atom stereocenters. The molecule has 2 aromatic rings. The summed E-state index contributed by atoms with van der Waals surface area (Å²) in [5.41, 5.74) is 0. The van der Waals surface area contributed by atoms with Gasteiger partial charge in [0.05, 0.1) is 0 Å². The van der Waals surface area contributed by atoms with E-state index in [1.807, 2.05) is 62.9 Å². The van der Waals surface area contributed by atoms with Crippen molar-refractivity contribution in [1.82, 2.24) is 9.97 Å². The number of hydrogen-bond acceptors (Lipinski definition) is 0. The Bertz CT molecular complexity index is 147. The third-order valence-electron chi connectivity index (χ3n) is 0.992. The van der Waals surface area contributed by atoms with Gasteiger partial charge in [-0.15, -0.1) is 0 Å². The maximum absolute atomic E-state index is 2.86. The molecule has 0 saturated heterocycles. The Morgan fingerprint density at radius 3 is 0.917 bits per heavy atom. The number of H-pyrrole nitrogens is 2. The van der Waals surface area contributed by atoms with Crippen LogP contribution in [0.5, 0.6) is 0 Å². The lowest BCUT2D eigenvalue weighted by Gasteiger charge is -1.49. The van der Waals surface area contributed by atoms with Crippen LogP contribution >= 0.6 is 0 Å². The van der Waals surface area contributed by atoms with E-state index in [2.05, 4.69) is 9.97 Å². The maximum Gasteiger partial charge on any atom is 0.000496 e. The van der Waals surface area contributed by atoms with E-state index in [1.165, 1.54) is 0 Å². The van der Waals surface area contributed by atoms with Crippen LogP contribution in [0, 0.1) is 0 Å². The summed E-state index contributed by atoms with van der Waals surface area (Å²) in [5, 5.41) is 0. The normalized spacial score (nSPS) is 7.17. The van der Waals surface area contributed by atoms with Crippen molar-refractivity contribution in [2.45, 2.75) is 13.8 Å². The van der Waals surface area contributed by atoms with Gasteiger partial charge in [-0.05, 0) is 24.3 Å². The highest BCUT2D eigenvalue weighted by Crippen LogP contribution is 1.72. The standard InChI is InChI=1S/2C4H5N.C2H6/c2*1-2-4-5-3-1;1-2/h2*1-5H;1-2H3. The van der Waals surface area contributed by atoms with Crippen molar-refractivity contribution in [2.24, 2.45) is 0 Å². The Kier molecular flexibility index (Phi) is 8.41. The molecule has 0 fully saturated rings. The van der Waals surface area contributed by atoms with Crippen molar-refractivity contribution in [2.75, 3.05) is 0 Å². The molecule has 66 valence electrons. The lowest BCUT2D eigenvalue weighted by Crippen LogP contribution is -1.38. The van der Waals surface area contributed by atoms with E-state index in [1.54, 1.807) is 0 Å². The first-order valence-electron chi connectivity index (χ1n) is 4.15. The molecule has 0 aliphatic carbocycles. The smallest absolute Gasteiger partial charge is 0.000496 e. The van der Waals surface area contributed by atoms with Gasteiger partial charge in [0.1, 0.15) is 0 Å². The average Bonchev–Trinajstić information content (AvgIpc) is 2.87. The molecule has 2 aromatic heterocycles. The van der Waals surface area contributed by atoms with E-state index in [9.17, 15) is 0 Å². The van der Waals surface area contributed by atoms with Gasteiger partial charge in [-0.2, -0.15) is 0 Å². The summed E-state index contributed by atoms with van der Waals surface area (Å²) in [6.07, 6.45) is 7.50. The molecule has 0 spiro atoms. The summed E-state index contributed by atoms with van der Waals surface area (Å²) in [4.78, 5) is 5.72. The van der Waals surface area contributed by atoms with Gasteiger partial charge in [0.25, 0.3) is 0 Å². The molecule has 2 heteroatoms. The van der Waals surface area contributed by atoms with Crippen molar-refractivity contribution in [3.05, 3.63) is 49.1 Å². The van der Waals surface area contributed by atoms with Gasteiger partial charge >= 0.3 is 0 Å². The van der Waals surface area contributed by atoms with Crippen LogP contribution in [-0.2, 0) is 0 Å². The van der Waals surface area contributed by atoms with Crippen molar-refractivity contribution in [3.63, 3.8) is 0 Å². The SMILES string of the molecule is CC.c1cc[nH]c1.c1cc[nH]c1. The first-order chi connectivity index (χ1) is 6.00. The summed E-state index contributed by atoms with van der Waals surface area (Å²) in [6.45, 7) is 4.00. The molecule has 0 atom stereocenters. The summed E-state index contributed by atoms with van der Waals surface area (Å²) in [7, 11) is 0. The molecule has 0 radical (unpaired) electrons. The predicted octanol–water partition coefficient (Wildman–Crippen LogP) is 3.06. The minimum absolute atomic E-state index is 1.88. The van der Waals surface area contributed by atoms with E-state index in [-0.39, 0.29) is 0 Å². The number of aromatic nitrogens is 2. The van der Waals surface area contributed by atoms with Gasteiger partial charge in [-0.1, -0.05) is 13.8 Å². The van der Waals surface area contributed by atoms with Crippen LogP contribution in [0.4, 0.5) is 0 Å². The van der Waals surface area contributed by atoms with E-state index in [0.717, 1.165) is 0 Å². The average molecular weight is 164 g/mol. The van der Waals surface area contributed by atoms with Gasteiger partial charge in [0.2, 0.25) is 0 Å².